The lowest BCUT2D eigenvalue weighted by molar-refractivity contribution is 0.143. The second-order valence-corrected chi connectivity index (χ2v) is 2.84. The Hall–Kier alpha value is -1.45. The van der Waals surface area contributed by atoms with E-state index >= 15 is 0 Å². The number of hydrogen-bond donors (Lipinski definition) is 0. The van der Waals surface area contributed by atoms with Crippen molar-refractivity contribution in [2.75, 3.05) is 0 Å². The molecular formula is C9H8F2N2. The minimum absolute atomic E-state index is 0.00806. The van der Waals surface area contributed by atoms with E-state index in [4.69, 9.17) is 0 Å². The fourth-order valence-electron chi connectivity index (χ4n) is 1.39. The van der Waals surface area contributed by atoms with Crippen LogP contribution >= 0.6 is 0 Å². The summed E-state index contributed by atoms with van der Waals surface area (Å²) in [4.78, 5) is 3.99. The second kappa shape index (κ2) is 2.80. The number of nitrogens with zero attached hydrogens (tertiary/aromatic N) is 2. The molecule has 0 saturated heterocycles. The highest BCUT2D eigenvalue weighted by Gasteiger charge is 2.14. The molecule has 0 atom stereocenters. The van der Waals surface area contributed by atoms with E-state index in [0.717, 1.165) is 5.52 Å². The van der Waals surface area contributed by atoms with Crippen LogP contribution in [0.1, 0.15) is 12.1 Å². The van der Waals surface area contributed by atoms with Gasteiger partial charge in [0.2, 0.25) is 0 Å². The summed E-state index contributed by atoms with van der Waals surface area (Å²) >= 11 is 0. The highest BCUT2D eigenvalue weighted by molar-refractivity contribution is 5.76. The van der Waals surface area contributed by atoms with Crippen molar-refractivity contribution in [2.45, 2.75) is 6.43 Å². The van der Waals surface area contributed by atoms with Gasteiger partial charge in [-0.2, -0.15) is 0 Å². The molecule has 0 amide bonds. The number of fused-ring (bicyclic) bond motifs is 1. The largest absolute Gasteiger partial charge is 0.342 e. The Labute approximate surface area is 73.8 Å². The minimum Gasteiger partial charge on any atom is -0.342 e. The number of halogens is 2. The Morgan fingerprint density at radius 1 is 1.46 bits per heavy atom. The number of hydrogen-bond acceptors (Lipinski definition) is 1. The van der Waals surface area contributed by atoms with E-state index in [2.05, 4.69) is 4.98 Å². The summed E-state index contributed by atoms with van der Waals surface area (Å²) in [6.45, 7) is 0. The summed E-state index contributed by atoms with van der Waals surface area (Å²) in [5, 5.41) is 0. The van der Waals surface area contributed by atoms with E-state index in [0.29, 0.717) is 5.52 Å². The maximum absolute atomic E-state index is 12.4. The molecule has 13 heavy (non-hydrogen) atoms. The van der Waals surface area contributed by atoms with Crippen LogP contribution in [-0.2, 0) is 7.05 Å². The van der Waals surface area contributed by atoms with Gasteiger partial charge < -0.3 is 4.57 Å². The summed E-state index contributed by atoms with van der Waals surface area (Å²) in [6.07, 6.45) is -0.850. The van der Waals surface area contributed by atoms with Crippen LogP contribution in [0.3, 0.4) is 0 Å². The predicted octanol–water partition coefficient (Wildman–Crippen LogP) is 2.51. The van der Waals surface area contributed by atoms with Gasteiger partial charge in [0.25, 0.3) is 6.43 Å². The van der Waals surface area contributed by atoms with Crippen LogP contribution in [0.2, 0.25) is 0 Å². The number of pyridine rings is 1. The average molecular weight is 182 g/mol. The van der Waals surface area contributed by atoms with Crippen molar-refractivity contribution in [3.63, 3.8) is 0 Å². The minimum atomic E-state index is -2.45. The highest BCUT2D eigenvalue weighted by atomic mass is 19.3. The van der Waals surface area contributed by atoms with Crippen molar-refractivity contribution < 1.29 is 8.78 Å². The van der Waals surface area contributed by atoms with Crippen LogP contribution in [0.15, 0.2) is 24.4 Å². The average Bonchev–Trinajstić information content (AvgIpc) is 2.45. The third-order valence-corrected chi connectivity index (χ3v) is 2.07. The van der Waals surface area contributed by atoms with Gasteiger partial charge in [-0.25, -0.2) is 8.78 Å². The molecule has 0 aliphatic carbocycles. The van der Waals surface area contributed by atoms with Crippen LogP contribution in [-0.4, -0.2) is 9.55 Å². The van der Waals surface area contributed by atoms with E-state index in [9.17, 15) is 8.78 Å². The Morgan fingerprint density at radius 3 is 2.85 bits per heavy atom. The van der Waals surface area contributed by atoms with Crippen molar-refractivity contribution in [1.82, 2.24) is 9.55 Å². The van der Waals surface area contributed by atoms with Crippen LogP contribution in [0, 0.1) is 0 Å². The maximum Gasteiger partial charge on any atom is 0.278 e. The number of rotatable bonds is 1. The first-order valence-corrected chi connectivity index (χ1v) is 3.88. The van der Waals surface area contributed by atoms with Crippen LogP contribution in [0.25, 0.3) is 11.0 Å². The molecule has 2 heterocycles. The molecule has 0 N–H and O–H groups in total. The third-order valence-electron chi connectivity index (χ3n) is 2.07. The molecule has 68 valence electrons. The van der Waals surface area contributed by atoms with Crippen molar-refractivity contribution in [1.29, 1.82) is 0 Å². The zero-order valence-electron chi connectivity index (χ0n) is 7.04. The van der Waals surface area contributed by atoms with Crippen molar-refractivity contribution >= 4 is 11.0 Å². The monoisotopic (exact) mass is 182 g/mol. The second-order valence-electron chi connectivity index (χ2n) is 2.84. The van der Waals surface area contributed by atoms with E-state index in [1.54, 1.807) is 25.4 Å². The van der Waals surface area contributed by atoms with Gasteiger partial charge in [-0.3, -0.25) is 4.98 Å². The van der Waals surface area contributed by atoms with Gasteiger partial charge in [-0.05, 0) is 18.2 Å². The molecule has 2 rings (SSSR count). The molecule has 2 nitrogen and oxygen atoms in total. The van der Waals surface area contributed by atoms with Gasteiger partial charge >= 0.3 is 0 Å². The molecule has 4 heteroatoms. The smallest absolute Gasteiger partial charge is 0.278 e. The van der Waals surface area contributed by atoms with Crippen molar-refractivity contribution in [2.24, 2.45) is 7.05 Å². The van der Waals surface area contributed by atoms with E-state index in [1.165, 1.54) is 10.6 Å². The lowest BCUT2D eigenvalue weighted by Gasteiger charge is -2.00. The normalized spacial score (nSPS) is 11.4. The Bertz CT molecular complexity index is 434. The van der Waals surface area contributed by atoms with Gasteiger partial charge in [0.15, 0.2) is 0 Å². The molecule has 0 fully saturated rings. The molecule has 0 spiro atoms. The van der Waals surface area contributed by atoms with Gasteiger partial charge in [0, 0.05) is 13.2 Å². The zero-order chi connectivity index (χ0) is 9.42. The summed E-state index contributed by atoms with van der Waals surface area (Å²) in [5.74, 6) is 0. The van der Waals surface area contributed by atoms with Gasteiger partial charge in [-0.1, -0.05) is 0 Å². The molecule has 0 unspecified atom stereocenters. The number of alkyl halides is 2. The van der Waals surface area contributed by atoms with Crippen molar-refractivity contribution in [3.05, 3.63) is 30.1 Å². The molecule has 2 aromatic heterocycles. The molecular weight excluding hydrogens is 174 g/mol. The molecule has 0 radical (unpaired) electrons. The van der Waals surface area contributed by atoms with Gasteiger partial charge in [0.05, 0.1) is 16.7 Å². The highest BCUT2D eigenvalue weighted by Crippen LogP contribution is 2.24. The third kappa shape index (κ3) is 1.18. The fraction of sp³-hybridized carbons (Fsp3) is 0.222. The molecule has 0 aliphatic rings. The predicted molar refractivity (Wildman–Crippen MR) is 45.7 cm³/mol. The first-order valence-electron chi connectivity index (χ1n) is 3.88. The summed E-state index contributed by atoms with van der Waals surface area (Å²) in [6, 6.07) is 4.92. The van der Waals surface area contributed by atoms with Crippen molar-refractivity contribution in [3.8, 4) is 0 Å². The van der Waals surface area contributed by atoms with E-state index in [-0.39, 0.29) is 5.69 Å². The Kier molecular flexibility index (Phi) is 1.76. The number of aromatic nitrogens is 2. The lowest BCUT2D eigenvalue weighted by atomic mass is 10.4. The van der Waals surface area contributed by atoms with Crippen LogP contribution < -0.4 is 0 Å². The van der Waals surface area contributed by atoms with Crippen LogP contribution in [0.4, 0.5) is 8.78 Å². The molecule has 0 saturated carbocycles. The first-order chi connectivity index (χ1) is 6.20. The van der Waals surface area contributed by atoms with Crippen LogP contribution in [0.5, 0.6) is 0 Å². The molecule has 0 bridgehead atoms. The fourth-order valence-corrected chi connectivity index (χ4v) is 1.39. The summed E-state index contributed by atoms with van der Waals surface area (Å²) < 4.78 is 26.3. The molecule has 2 aromatic rings. The summed E-state index contributed by atoms with van der Waals surface area (Å²) in [5.41, 5.74) is 1.35. The SMILES string of the molecule is Cn1c(C(F)F)cc2ncccc21. The summed E-state index contributed by atoms with van der Waals surface area (Å²) in [7, 11) is 1.62. The Morgan fingerprint density at radius 2 is 2.23 bits per heavy atom. The Balaban J connectivity index is 2.74. The quantitative estimate of drug-likeness (QED) is 0.662. The van der Waals surface area contributed by atoms with E-state index < -0.39 is 6.43 Å². The van der Waals surface area contributed by atoms with Gasteiger partial charge in [-0.15, -0.1) is 0 Å². The maximum atomic E-state index is 12.4. The molecule has 0 aliphatic heterocycles. The molecule has 0 aromatic carbocycles. The standard InChI is InChI=1S/C9H8F2N2/c1-13-7-3-2-4-12-6(7)5-8(13)9(10)11/h2-5,9H,1H3. The lowest BCUT2D eigenvalue weighted by Crippen LogP contribution is -1.95. The van der Waals surface area contributed by atoms with Gasteiger partial charge in [0.1, 0.15) is 0 Å². The first kappa shape index (κ1) is 8.16. The zero-order valence-corrected chi connectivity index (χ0v) is 7.04. The van der Waals surface area contributed by atoms with E-state index in [1.807, 2.05) is 0 Å². The number of aryl methyl sites for hydroxylation is 1. The topological polar surface area (TPSA) is 17.8 Å².